The van der Waals surface area contributed by atoms with Crippen molar-refractivity contribution in [3.63, 3.8) is 0 Å². The van der Waals surface area contributed by atoms with Gasteiger partial charge in [0, 0.05) is 36.3 Å². The van der Waals surface area contributed by atoms with Crippen LogP contribution in [0.5, 0.6) is 0 Å². The Labute approximate surface area is 179 Å². The molecule has 5 rings (SSSR count). The number of nitrogens with zero attached hydrogens (tertiary/aromatic N) is 4. The van der Waals surface area contributed by atoms with Crippen molar-refractivity contribution in [2.24, 2.45) is 5.92 Å². The molecule has 2 aromatic heterocycles. The number of likely N-dealkylation sites (tertiary alicyclic amines) is 1. The van der Waals surface area contributed by atoms with Gasteiger partial charge in [-0.25, -0.2) is 4.39 Å². The number of nitrogens with one attached hydrogen (secondary N) is 1. The molecule has 1 aliphatic heterocycles. The highest BCUT2D eigenvalue weighted by Crippen LogP contribution is 2.28. The van der Waals surface area contributed by atoms with Gasteiger partial charge in [0.1, 0.15) is 5.82 Å². The molecule has 0 spiro atoms. The first-order valence-electron chi connectivity index (χ1n) is 10.6. The molecule has 1 N–H and O–H groups in total. The average molecular weight is 417 g/mol. The smallest absolute Gasteiger partial charge is 0.227 e. The summed E-state index contributed by atoms with van der Waals surface area (Å²) in [5.74, 6) is -0.0246. The number of amides is 1. The number of fused-ring (bicyclic) bond motifs is 1. The van der Waals surface area contributed by atoms with Gasteiger partial charge in [-0.1, -0.05) is 24.3 Å². The van der Waals surface area contributed by atoms with E-state index in [0.717, 1.165) is 35.0 Å². The minimum atomic E-state index is -0.322. The number of rotatable bonds is 5. The number of benzene rings is 2. The van der Waals surface area contributed by atoms with E-state index in [1.54, 1.807) is 24.4 Å². The first kappa shape index (κ1) is 19.5. The zero-order valence-corrected chi connectivity index (χ0v) is 17.3. The normalized spacial score (nSPS) is 18.7. The number of halogens is 1. The SMILES string of the molecule is CC1CC(Cn2ncc3cc(-c4cn[nH]c4)ccc32)CN1C(=O)Cc1ccccc1F. The number of carbonyl (C=O) groups excluding carboxylic acids is 1. The lowest BCUT2D eigenvalue weighted by Gasteiger charge is -2.21. The van der Waals surface area contributed by atoms with Crippen molar-refractivity contribution in [3.05, 3.63) is 72.4 Å². The van der Waals surface area contributed by atoms with Crippen LogP contribution in [0.2, 0.25) is 0 Å². The van der Waals surface area contributed by atoms with Crippen LogP contribution in [0.3, 0.4) is 0 Å². The zero-order chi connectivity index (χ0) is 21.4. The third-order valence-electron chi connectivity index (χ3n) is 6.19. The molecule has 1 saturated heterocycles. The van der Waals surface area contributed by atoms with E-state index in [4.69, 9.17) is 0 Å². The van der Waals surface area contributed by atoms with E-state index in [1.165, 1.54) is 6.07 Å². The van der Waals surface area contributed by atoms with Gasteiger partial charge < -0.3 is 4.90 Å². The summed E-state index contributed by atoms with van der Waals surface area (Å²) in [5.41, 5.74) is 3.68. The summed E-state index contributed by atoms with van der Waals surface area (Å²) in [6.07, 6.45) is 6.58. The van der Waals surface area contributed by atoms with Crippen LogP contribution in [0.15, 0.2) is 61.1 Å². The number of aromatic nitrogens is 4. The van der Waals surface area contributed by atoms with Crippen LogP contribution in [0, 0.1) is 11.7 Å². The van der Waals surface area contributed by atoms with Crippen molar-refractivity contribution in [2.75, 3.05) is 6.54 Å². The molecule has 0 aliphatic carbocycles. The lowest BCUT2D eigenvalue weighted by molar-refractivity contribution is -0.131. The van der Waals surface area contributed by atoms with Crippen molar-refractivity contribution in [1.29, 1.82) is 0 Å². The Hall–Kier alpha value is -3.48. The van der Waals surface area contributed by atoms with E-state index >= 15 is 0 Å². The molecule has 158 valence electrons. The predicted octanol–water partition coefficient (Wildman–Crippen LogP) is 4.05. The number of H-pyrrole nitrogens is 1. The second-order valence-corrected chi connectivity index (χ2v) is 8.35. The summed E-state index contributed by atoms with van der Waals surface area (Å²) in [7, 11) is 0. The average Bonchev–Trinajstić information content (AvgIpc) is 3.50. The number of carbonyl (C=O) groups is 1. The summed E-state index contributed by atoms with van der Waals surface area (Å²) in [6, 6.07) is 12.9. The molecule has 4 aromatic rings. The Morgan fingerprint density at radius 2 is 2.06 bits per heavy atom. The first-order valence-corrected chi connectivity index (χ1v) is 10.6. The maximum atomic E-state index is 13.9. The molecule has 2 unspecified atom stereocenters. The van der Waals surface area contributed by atoms with Crippen LogP contribution in [-0.2, 0) is 17.8 Å². The van der Waals surface area contributed by atoms with Gasteiger partial charge in [0.05, 0.1) is 24.3 Å². The number of hydrogen-bond acceptors (Lipinski definition) is 3. The van der Waals surface area contributed by atoms with Crippen LogP contribution in [0.4, 0.5) is 4.39 Å². The summed E-state index contributed by atoms with van der Waals surface area (Å²) in [4.78, 5) is 14.7. The van der Waals surface area contributed by atoms with Crippen molar-refractivity contribution in [3.8, 4) is 11.1 Å². The van der Waals surface area contributed by atoms with Crippen molar-refractivity contribution >= 4 is 16.8 Å². The molecule has 1 fully saturated rings. The number of hydrogen-bond donors (Lipinski definition) is 1. The third kappa shape index (κ3) is 3.83. The largest absolute Gasteiger partial charge is 0.339 e. The Morgan fingerprint density at radius 1 is 1.19 bits per heavy atom. The third-order valence-corrected chi connectivity index (χ3v) is 6.19. The van der Waals surface area contributed by atoms with Crippen LogP contribution in [0.1, 0.15) is 18.9 Å². The van der Waals surface area contributed by atoms with Gasteiger partial charge in [-0.05, 0) is 48.6 Å². The topological polar surface area (TPSA) is 66.8 Å². The molecule has 6 nitrogen and oxygen atoms in total. The van der Waals surface area contributed by atoms with Crippen molar-refractivity contribution in [2.45, 2.75) is 32.4 Å². The number of aromatic amines is 1. The van der Waals surface area contributed by atoms with Gasteiger partial charge >= 0.3 is 0 Å². The van der Waals surface area contributed by atoms with Gasteiger partial charge in [-0.2, -0.15) is 10.2 Å². The zero-order valence-electron chi connectivity index (χ0n) is 17.3. The Bertz CT molecular complexity index is 1220. The summed E-state index contributed by atoms with van der Waals surface area (Å²) in [5, 5.41) is 12.5. The van der Waals surface area contributed by atoms with Crippen LogP contribution >= 0.6 is 0 Å². The summed E-state index contributed by atoms with van der Waals surface area (Å²) >= 11 is 0. The van der Waals surface area contributed by atoms with Crippen LogP contribution in [0.25, 0.3) is 22.0 Å². The molecule has 2 atom stereocenters. The van der Waals surface area contributed by atoms with E-state index in [2.05, 4.69) is 40.4 Å². The van der Waals surface area contributed by atoms with Crippen molar-refractivity contribution in [1.82, 2.24) is 24.9 Å². The molecular weight excluding hydrogens is 393 g/mol. The molecule has 0 saturated carbocycles. The fourth-order valence-corrected chi connectivity index (χ4v) is 4.59. The Kier molecular flexibility index (Phi) is 5.02. The lowest BCUT2D eigenvalue weighted by atomic mass is 10.1. The fourth-order valence-electron chi connectivity index (χ4n) is 4.59. The monoisotopic (exact) mass is 417 g/mol. The van der Waals surface area contributed by atoms with Gasteiger partial charge in [-0.3, -0.25) is 14.6 Å². The highest BCUT2D eigenvalue weighted by Gasteiger charge is 2.33. The minimum absolute atomic E-state index is 0.0184. The summed E-state index contributed by atoms with van der Waals surface area (Å²) in [6.45, 7) is 3.49. The van der Waals surface area contributed by atoms with E-state index in [0.29, 0.717) is 18.0 Å². The van der Waals surface area contributed by atoms with E-state index in [-0.39, 0.29) is 24.2 Å². The molecule has 31 heavy (non-hydrogen) atoms. The second kappa shape index (κ2) is 7.98. The van der Waals surface area contributed by atoms with E-state index in [9.17, 15) is 9.18 Å². The molecular formula is C24H24FN5O. The van der Waals surface area contributed by atoms with E-state index < -0.39 is 0 Å². The molecule has 0 bridgehead atoms. The first-order chi connectivity index (χ1) is 15.1. The van der Waals surface area contributed by atoms with Gasteiger partial charge in [0.2, 0.25) is 5.91 Å². The molecule has 1 amide bonds. The van der Waals surface area contributed by atoms with E-state index in [1.807, 2.05) is 22.0 Å². The highest BCUT2D eigenvalue weighted by molar-refractivity contribution is 5.84. The molecule has 1 aliphatic rings. The quantitative estimate of drug-likeness (QED) is 0.533. The fraction of sp³-hybridized carbons (Fsp3) is 0.292. The molecule has 7 heteroatoms. The molecule has 3 heterocycles. The Balaban J connectivity index is 1.28. The van der Waals surface area contributed by atoms with Gasteiger partial charge in [-0.15, -0.1) is 0 Å². The van der Waals surface area contributed by atoms with Crippen molar-refractivity contribution < 1.29 is 9.18 Å². The molecule has 2 aromatic carbocycles. The van der Waals surface area contributed by atoms with Crippen LogP contribution < -0.4 is 0 Å². The summed E-state index contributed by atoms with van der Waals surface area (Å²) < 4.78 is 16.0. The van der Waals surface area contributed by atoms with Gasteiger partial charge in [0.15, 0.2) is 0 Å². The predicted molar refractivity (Wildman–Crippen MR) is 117 cm³/mol. The maximum Gasteiger partial charge on any atom is 0.227 e. The maximum absolute atomic E-state index is 13.9. The lowest BCUT2D eigenvalue weighted by Crippen LogP contribution is -2.35. The van der Waals surface area contributed by atoms with Crippen LogP contribution in [-0.4, -0.2) is 43.4 Å². The molecule has 0 radical (unpaired) electrons. The van der Waals surface area contributed by atoms with Gasteiger partial charge in [0.25, 0.3) is 0 Å². The highest BCUT2D eigenvalue weighted by atomic mass is 19.1. The minimum Gasteiger partial charge on any atom is -0.339 e. The second-order valence-electron chi connectivity index (χ2n) is 8.35. The standard InChI is InChI=1S/C24H24FN5O/c1-16-8-17(14-29(16)24(31)10-19-4-2-3-5-22(19)25)15-30-23-7-6-18(9-20(23)13-28-30)21-11-26-27-12-21/h2-7,9,11-13,16-17H,8,10,14-15H2,1H3,(H,26,27). The Morgan fingerprint density at radius 3 is 2.87 bits per heavy atom.